The van der Waals surface area contributed by atoms with Gasteiger partial charge < -0.3 is 4.74 Å². The van der Waals surface area contributed by atoms with E-state index in [4.69, 9.17) is 16.3 Å². The summed E-state index contributed by atoms with van der Waals surface area (Å²) in [5.41, 5.74) is -0.0123. The standard InChI is InChI=1S/C8H14ClNO/c1-8(2)6-11-7(10-8)4-3-5-9/h3-6H2,1-2H3. The van der Waals surface area contributed by atoms with Crippen LogP contribution in [0, 0.1) is 0 Å². The molecule has 0 fully saturated rings. The molecule has 0 aromatic rings. The van der Waals surface area contributed by atoms with Gasteiger partial charge in [0.1, 0.15) is 6.61 Å². The summed E-state index contributed by atoms with van der Waals surface area (Å²) in [7, 11) is 0. The Morgan fingerprint density at radius 3 is 2.82 bits per heavy atom. The molecule has 1 aliphatic rings. The normalized spacial score (nSPS) is 21.2. The first kappa shape index (κ1) is 8.85. The van der Waals surface area contributed by atoms with Crippen molar-refractivity contribution in [2.24, 2.45) is 4.99 Å². The lowest BCUT2D eigenvalue weighted by molar-refractivity contribution is 0.273. The van der Waals surface area contributed by atoms with Gasteiger partial charge in [-0.25, -0.2) is 4.99 Å². The van der Waals surface area contributed by atoms with Gasteiger partial charge >= 0.3 is 0 Å². The first-order chi connectivity index (χ1) is 5.14. The maximum atomic E-state index is 5.54. The number of nitrogens with zero attached hydrogens (tertiary/aromatic N) is 1. The molecule has 0 N–H and O–H groups in total. The number of rotatable bonds is 3. The van der Waals surface area contributed by atoms with Crippen LogP contribution in [0.1, 0.15) is 26.7 Å². The van der Waals surface area contributed by atoms with E-state index < -0.39 is 0 Å². The Balaban J connectivity index is 2.37. The van der Waals surface area contributed by atoms with Gasteiger partial charge in [-0.3, -0.25) is 0 Å². The van der Waals surface area contributed by atoms with E-state index in [-0.39, 0.29) is 5.54 Å². The maximum absolute atomic E-state index is 5.54. The lowest BCUT2D eigenvalue weighted by atomic mass is 10.1. The van der Waals surface area contributed by atoms with Gasteiger partial charge in [-0.05, 0) is 20.3 Å². The molecule has 0 amide bonds. The predicted molar refractivity (Wildman–Crippen MR) is 47.4 cm³/mol. The third kappa shape index (κ3) is 2.70. The van der Waals surface area contributed by atoms with Crippen molar-refractivity contribution in [1.29, 1.82) is 0 Å². The van der Waals surface area contributed by atoms with Crippen LogP contribution in [-0.2, 0) is 4.74 Å². The summed E-state index contributed by atoms with van der Waals surface area (Å²) in [6.45, 7) is 4.85. The molecule has 1 heterocycles. The molecule has 0 bridgehead atoms. The fourth-order valence-corrected chi connectivity index (χ4v) is 1.14. The van der Waals surface area contributed by atoms with Crippen molar-refractivity contribution in [3.8, 4) is 0 Å². The van der Waals surface area contributed by atoms with E-state index in [1.54, 1.807) is 0 Å². The predicted octanol–water partition coefficient (Wildman–Crippen LogP) is 2.21. The molecule has 0 aliphatic carbocycles. The molecular formula is C8H14ClNO. The highest BCUT2D eigenvalue weighted by Gasteiger charge is 2.25. The smallest absolute Gasteiger partial charge is 0.183 e. The average molecular weight is 176 g/mol. The summed E-state index contributed by atoms with van der Waals surface area (Å²) >= 11 is 5.54. The molecule has 0 aromatic carbocycles. The Bertz CT molecular complexity index is 165. The molecule has 64 valence electrons. The molecule has 0 radical (unpaired) electrons. The summed E-state index contributed by atoms with van der Waals surface area (Å²) in [6, 6.07) is 0. The first-order valence-corrected chi connectivity index (χ1v) is 4.45. The highest BCUT2D eigenvalue weighted by molar-refractivity contribution is 6.17. The first-order valence-electron chi connectivity index (χ1n) is 3.91. The number of aliphatic imine (C=N–C) groups is 1. The minimum Gasteiger partial charge on any atom is -0.478 e. The van der Waals surface area contributed by atoms with Crippen LogP contribution in [0.4, 0.5) is 0 Å². The topological polar surface area (TPSA) is 21.6 Å². The van der Waals surface area contributed by atoms with Gasteiger partial charge in [0, 0.05) is 12.3 Å². The summed E-state index contributed by atoms with van der Waals surface area (Å²) in [5.74, 6) is 1.55. The number of alkyl halides is 1. The Morgan fingerprint density at radius 1 is 1.64 bits per heavy atom. The third-order valence-corrected chi connectivity index (χ3v) is 1.81. The summed E-state index contributed by atoms with van der Waals surface area (Å²) < 4.78 is 5.36. The van der Waals surface area contributed by atoms with Gasteiger partial charge in [-0.1, -0.05) is 0 Å². The van der Waals surface area contributed by atoms with Crippen LogP contribution in [0.3, 0.4) is 0 Å². The Labute approximate surface area is 72.6 Å². The lowest BCUT2D eigenvalue weighted by Crippen LogP contribution is -2.17. The summed E-state index contributed by atoms with van der Waals surface area (Å²) in [6.07, 6.45) is 1.84. The zero-order chi connectivity index (χ0) is 8.32. The Kier molecular flexibility index (Phi) is 2.77. The van der Waals surface area contributed by atoms with E-state index in [2.05, 4.69) is 18.8 Å². The largest absolute Gasteiger partial charge is 0.478 e. The average Bonchev–Trinajstić information content (AvgIpc) is 2.26. The fourth-order valence-electron chi connectivity index (χ4n) is 1.01. The maximum Gasteiger partial charge on any atom is 0.183 e. The van der Waals surface area contributed by atoms with Gasteiger partial charge in [0.05, 0.1) is 5.54 Å². The van der Waals surface area contributed by atoms with E-state index >= 15 is 0 Å². The van der Waals surface area contributed by atoms with Crippen molar-refractivity contribution in [3.05, 3.63) is 0 Å². The van der Waals surface area contributed by atoms with Crippen molar-refractivity contribution < 1.29 is 4.74 Å². The quantitative estimate of drug-likeness (QED) is 0.603. The molecule has 0 spiro atoms. The van der Waals surface area contributed by atoms with Crippen molar-refractivity contribution in [2.45, 2.75) is 32.2 Å². The summed E-state index contributed by atoms with van der Waals surface area (Å²) in [5, 5.41) is 0. The molecule has 0 saturated heterocycles. The number of ether oxygens (including phenoxy) is 1. The molecule has 0 atom stereocenters. The molecule has 1 aliphatic heterocycles. The second-order valence-electron chi connectivity index (χ2n) is 3.40. The second kappa shape index (κ2) is 3.44. The number of hydrogen-bond acceptors (Lipinski definition) is 2. The monoisotopic (exact) mass is 175 g/mol. The molecule has 0 saturated carbocycles. The molecule has 2 nitrogen and oxygen atoms in total. The lowest BCUT2D eigenvalue weighted by Gasteiger charge is -2.07. The Hall–Kier alpha value is -0.240. The molecule has 3 heteroatoms. The molecule has 0 unspecified atom stereocenters. The van der Waals surface area contributed by atoms with Crippen LogP contribution < -0.4 is 0 Å². The van der Waals surface area contributed by atoms with Gasteiger partial charge in [-0.15, -0.1) is 11.6 Å². The minimum atomic E-state index is -0.0123. The SMILES string of the molecule is CC1(C)COC(CCCCl)=N1. The van der Waals surface area contributed by atoms with E-state index in [1.807, 2.05) is 0 Å². The second-order valence-corrected chi connectivity index (χ2v) is 3.78. The van der Waals surface area contributed by atoms with E-state index in [1.165, 1.54) is 0 Å². The van der Waals surface area contributed by atoms with E-state index in [9.17, 15) is 0 Å². The number of halogens is 1. The van der Waals surface area contributed by atoms with Crippen LogP contribution in [0.5, 0.6) is 0 Å². The van der Waals surface area contributed by atoms with Crippen LogP contribution in [-0.4, -0.2) is 23.9 Å². The molecule has 11 heavy (non-hydrogen) atoms. The molecule has 0 aromatic heterocycles. The Morgan fingerprint density at radius 2 is 2.36 bits per heavy atom. The molecule has 1 rings (SSSR count). The highest BCUT2D eigenvalue weighted by Crippen LogP contribution is 2.18. The third-order valence-electron chi connectivity index (χ3n) is 1.54. The van der Waals surface area contributed by atoms with Crippen LogP contribution in [0.25, 0.3) is 0 Å². The van der Waals surface area contributed by atoms with Crippen LogP contribution in [0.15, 0.2) is 4.99 Å². The van der Waals surface area contributed by atoms with Crippen LogP contribution in [0.2, 0.25) is 0 Å². The highest BCUT2D eigenvalue weighted by atomic mass is 35.5. The van der Waals surface area contributed by atoms with E-state index in [0.717, 1.165) is 18.7 Å². The minimum absolute atomic E-state index is 0.0123. The van der Waals surface area contributed by atoms with Gasteiger partial charge in [0.25, 0.3) is 0 Å². The molecular weight excluding hydrogens is 162 g/mol. The summed E-state index contributed by atoms with van der Waals surface area (Å²) in [4.78, 5) is 4.39. The fraction of sp³-hybridized carbons (Fsp3) is 0.875. The van der Waals surface area contributed by atoms with E-state index in [0.29, 0.717) is 12.5 Å². The zero-order valence-corrected chi connectivity index (χ0v) is 7.82. The van der Waals surface area contributed by atoms with Crippen molar-refractivity contribution >= 4 is 17.5 Å². The van der Waals surface area contributed by atoms with Crippen LogP contribution >= 0.6 is 11.6 Å². The van der Waals surface area contributed by atoms with Crippen molar-refractivity contribution in [1.82, 2.24) is 0 Å². The number of hydrogen-bond donors (Lipinski definition) is 0. The van der Waals surface area contributed by atoms with Gasteiger partial charge in [0.2, 0.25) is 0 Å². The van der Waals surface area contributed by atoms with Crippen molar-refractivity contribution in [2.75, 3.05) is 12.5 Å². The van der Waals surface area contributed by atoms with Gasteiger partial charge in [-0.2, -0.15) is 0 Å². The van der Waals surface area contributed by atoms with Crippen molar-refractivity contribution in [3.63, 3.8) is 0 Å². The van der Waals surface area contributed by atoms with Gasteiger partial charge in [0.15, 0.2) is 5.90 Å². The zero-order valence-electron chi connectivity index (χ0n) is 7.06.